The van der Waals surface area contributed by atoms with Gasteiger partial charge in [0.05, 0.1) is 0 Å². The van der Waals surface area contributed by atoms with Crippen LogP contribution in [-0.2, 0) is 0 Å². The quantitative estimate of drug-likeness (QED) is 0.603. The Labute approximate surface area is 114 Å². The van der Waals surface area contributed by atoms with Crippen LogP contribution in [0.5, 0.6) is 0 Å². The van der Waals surface area contributed by atoms with Gasteiger partial charge in [-0.1, -0.05) is 0 Å². The minimum atomic E-state index is -2.35. The summed E-state index contributed by atoms with van der Waals surface area (Å²) in [4.78, 5) is 0. The van der Waals surface area contributed by atoms with Crippen LogP contribution in [0.3, 0.4) is 0 Å². The van der Waals surface area contributed by atoms with Gasteiger partial charge in [-0.3, -0.25) is 0 Å². The first kappa shape index (κ1) is 12.6. The van der Waals surface area contributed by atoms with Crippen molar-refractivity contribution in [2.45, 2.75) is 0 Å². The zero-order valence-electron chi connectivity index (χ0n) is 8.06. The van der Waals surface area contributed by atoms with Crippen molar-refractivity contribution < 1.29 is 0 Å². The molecule has 1 nitrogen and oxygen atoms in total. The zero-order chi connectivity index (χ0) is 11.1. The van der Waals surface area contributed by atoms with Crippen LogP contribution in [0.2, 0.25) is 0 Å². The molecule has 1 heterocycles. The summed E-state index contributed by atoms with van der Waals surface area (Å²) in [7, 11) is 1.98. The molecule has 5 heteroatoms. The predicted octanol–water partition coefficient (Wildman–Crippen LogP) is 3.00. The van der Waals surface area contributed by atoms with Gasteiger partial charge in [-0.15, -0.1) is 0 Å². The molecule has 0 bridgehead atoms. The molecular weight excluding hydrogens is 501 g/mol. The number of hydrogen-bond donors (Lipinski definition) is 1. The first-order valence-corrected chi connectivity index (χ1v) is 18.0. The first-order chi connectivity index (χ1) is 7.09. The number of fused-ring (bicyclic) bond motifs is 1. The molecule has 82 valence electrons. The molecule has 0 atom stereocenters. The van der Waals surface area contributed by atoms with Crippen molar-refractivity contribution in [2.24, 2.45) is 0 Å². The number of nitrogens with one attached hydrogen (secondary N) is 1. The monoisotopic (exact) mass is 511 g/mol. The molecule has 0 aromatic heterocycles. The van der Waals surface area contributed by atoms with E-state index >= 15 is 0 Å². The number of likely N-dealkylation sites (N-methyl/N-ethyl adjacent to an activating group) is 1. The van der Waals surface area contributed by atoms with E-state index in [0.717, 1.165) is 6.54 Å². The van der Waals surface area contributed by atoms with Crippen LogP contribution < -0.4 is 8.93 Å². The van der Waals surface area contributed by atoms with Crippen LogP contribution in [0, 0.1) is 0 Å². The molecule has 1 aromatic rings. The number of rotatable bonds is 2. The van der Waals surface area contributed by atoms with Crippen LogP contribution in [0.25, 0.3) is 4.48 Å². The Kier molecular flexibility index (Phi) is 4.03. The third-order valence-corrected chi connectivity index (χ3v) is 19.3. The van der Waals surface area contributed by atoms with Gasteiger partial charge >= 0.3 is 116 Å². The van der Waals surface area contributed by atoms with E-state index in [2.05, 4.69) is 71.0 Å². The van der Waals surface area contributed by atoms with Crippen LogP contribution in [0.15, 0.2) is 27.9 Å². The van der Waals surface area contributed by atoms with Crippen molar-refractivity contribution >= 4 is 63.3 Å². The van der Waals surface area contributed by atoms with E-state index in [9.17, 15) is 0 Å². The maximum atomic E-state index is 3.93. The van der Waals surface area contributed by atoms with E-state index in [1.165, 1.54) is 17.3 Å². The van der Waals surface area contributed by atoms with Crippen molar-refractivity contribution in [3.63, 3.8) is 0 Å². The summed E-state index contributed by atoms with van der Waals surface area (Å²) in [6, 6.07) is 8.57. The molecule has 0 saturated carbocycles. The van der Waals surface area contributed by atoms with Gasteiger partial charge in [0.15, 0.2) is 0 Å². The van der Waals surface area contributed by atoms with E-state index in [-0.39, 0.29) is 0 Å². The van der Waals surface area contributed by atoms with Crippen molar-refractivity contribution in [1.29, 1.82) is 0 Å². The summed E-state index contributed by atoms with van der Waals surface area (Å²) >= 11 is 9.22. The Morgan fingerprint density at radius 2 is 1.93 bits per heavy atom. The number of halogens is 3. The van der Waals surface area contributed by atoms with Crippen molar-refractivity contribution in [3.05, 3.63) is 33.4 Å². The molecule has 0 spiro atoms. The molecule has 15 heavy (non-hydrogen) atoms. The second-order valence-electron chi connectivity index (χ2n) is 3.23. The van der Waals surface area contributed by atoms with Crippen LogP contribution in [0.1, 0.15) is 5.56 Å². The third-order valence-electron chi connectivity index (χ3n) is 2.29. The van der Waals surface area contributed by atoms with Gasteiger partial charge in [-0.05, 0) is 0 Å². The number of hydrogen-bond acceptors (Lipinski definition) is 1. The molecule has 0 saturated heterocycles. The molecule has 0 fully saturated rings. The molecule has 0 unspecified atom stereocenters. The SMILES string of the molecule is CNCC1=C(Br)c2ccccc2[Te]1(Br)Br. The Balaban J connectivity index is 2.57. The van der Waals surface area contributed by atoms with Crippen LogP contribution in [-0.4, -0.2) is 27.4 Å². The summed E-state index contributed by atoms with van der Waals surface area (Å²) < 4.78 is 4.15. The summed E-state index contributed by atoms with van der Waals surface area (Å²) in [6.45, 7) is 0.923. The molecule has 0 aliphatic carbocycles. The summed E-state index contributed by atoms with van der Waals surface area (Å²) in [5.74, 6) is 0. The van der Waals surface area contributed by atoms with Gasteiger partial charge in [0.1, 0.15) is 0 Å². The molecule has 0 amide bonds. The third kappa shape index (κ3) is 2.12. The van der Waals surface area contributed by atoms with Crippen molar-refractivity contribution in [2.75, 3.05) is 13.6 Å². The van der Waals surface area contributed by atoms with E-state index in [4.69, 9.17) is 0 Å². The second kappa shape index (κ2) is 4.80. The Morgan fingerprint density at radius 1 is 1.27 bits per heavy atom. The van der Waals surface area contributed by atoms with Gasteiger partial charge in [0, 0.05) is 0 Å². The first-order valence-electron chi connectivity index (χ1n) is 4.44. The maximum absolute atomic E-state index is 3.93. The standard InChI is InChI=1S/C10H10Br3NTe/c1-14-6-9-10(11)7-4-2-3-5-8(7)15(9,12)13/h2-5,14H,6H2,1H3. The fraction of sp³-hybridized carbons (Fsp3) is 0.200. The topological polar surface area (TPSA) is 12.0 Å². The van der Waals surface area contributed by atoms with Crippen molar-refractivity contribution in [1.82, 2.24) is 5.32 Å². The van der Waals surface area contributed by atoms with E-state index in [1.54, 1.807) is 0 Å². The predicted molar refractivity (Wildman–Crippen MR) is 79.5 cm³/mol. The van der Waals surface area contributed by atoms with Gasteiger partial charge in [0.25, 0.3) is 0 Å². The Bertz CT molecular complexity index is 428. The average Bonchev–Trinajstić information content (AvgIpc) is 2.41. The van der Waals surface area contributed by atoms with Crippen molar-refractivity contribution in [3.8, 4) is 0 Å². The molecule has 1 aliphatic rings. The van der Waals surface area contributed by atoms with Crippen LogP contribution in [0.4, 0.5) is 0 Å². The number of benzene rings is 1. The van der Waals surface area contributed by atoms with Gasteiger partial charge in [-0.2, -0.15) is 0 Å². The minimum absolute atomic E-state index is 0.923. The molecule has 1 N–H and O–H groups in total. The molecule has 0 radical (unpaired) electrons. The van der Waals surface area contributed by atoms with Gasteiger partial charge < -0.3 is 0 Å². The average molecular weight is 512 g/mol. The van der Waals surface area contributed by atoms with E-state index in [1.807, 2.05) is 7.05 Å². The van der Waals surface area contributed by atoms with E-state index < -0.39 is 13.8 Å². The normalized spacial score (nSPS) is 20.3. The molecule has 1 aromatic carbocycles. The fourth-order valence-corrected chi connectivity index (χ4v) is 19.2. The zero-order valence-corrected chi connectivity index (χ0v) is 15.1. The van der Waals surface area contributed by atoms with Gasteiger partial charge in [-0.25, -0.2) is 0 Å². The van der Waals surface area contributed by atoms with Gasteiger partial charge in [0.2, 0.25) is 0 Å². The summed E-state index contributed by atoms with van der Waals surface area (Å²) in [5, 5.41) is 3.23. The van der Waals surface area contributed by atoms with Crippen LogP contribution >= 0.6 is 41.4 Å². The van der Waals surface area contributed by atoms with E-state index in [0.29, 0.717) is 0 Å². The summed E-state index contributed by atoms with van der Waals surface area (Å²) in [6.07, 6.45) is 0. The fourth-order valence-electron chi connectivity index (χ4n) is 1.60. The molecular formula is C10H10Br3NTe. The molecule has 2 rings (SSSR count). The summed E-state index contributed by atoms with van der Waals surface area (Å²) in [5.41, 5.74) is 1.33. The Hall–Kier alpha value is 1.15. The second-order valence-corrected chi connectivity index (χ2v) is 28.2. The molecule has 1 aliphatic heterocycles. The Morgan fingerprint density at radius 3 is 2.53 bits per heavy atom.